The zero-order valence-corrected chi connectivity index (χ0v) is 17.5. The zero-order valence-electron chi connectivity index (χ0n) is 16.0. The molecule has 0 N–H and O–H groups in total. The summed E-state index contributed by atoms with van der Waals surface area (Å²) in [6, 6.07) is 15.5. The van der Waals surface area contributed by atoms with Crippen molar-refractivity contribution in [3.8, 4) is 17.0 Å². The van der Waals surface area contributed by atoms with Crippen molar-refractivity contribution in [1.29, 1.82) is 0 Å². The number of aromatic nitrogens is 3. The first-order valence-electron chi connectivity index (χ1n) is 9.02. The molecule has 0 amide bonds. The lowest BCUT2D eigenvalue weighted by atomic mass is 10.1. The van der Waals surface area contributed by atoms with Crippen molar-refractivity contribution in [1.82, 2.24) is 14.5 Å². The first-order chi connectivity index (χ1) is 14.1. The fourth-order valence-corrected chi connectivity index (χ4v) is 3.80. The summed E-state index contributed by atoms with van der Waals surface area (Å²) >= 11 is 12.8. The Balaban J connectivity index is 1.83. The topological polar surface area (TPSA) is 49.2 Å². The summed E-state index contributed by atoms with van der Waals surface area (Å²) < 4.78 is 12.6. The van der Waals surface area contributed by atoms with E-state index < -0.39 is 0 Å². The molecule has 0 fully saturated rings. The SMILES string of the molecule is COCc1nc2ccc(-c3ccc(OC)nc3)cc2n1Cc1c(Cl)cccc1Cl. The van der Waals surface area contributed by atoms with Crippen LogP contribution in [0.25, 0.3) is 22.2 Å². The summed E-state index contributed by atoms with van der Waals surface area (Å²) in [5, 5.41) is 1.25. The molecule has 0 spiro atoms. The van der Waals surface area contributed by atoms with E-state index in [9.17, 15) is 0 Å². The average molecular weight is 428 g/mol. The highest BCUT2D eigenvalue weighted by atomic mass is 35.5. The van der Waals surface area contributed by atoms with E-state index in [0.717, 1.165) is 33.5 Å². The maximum Gasteiger partial charge on any atom is 0.212 e. The predicted molar refractivity (Wildman–Crippen MR) is 116 cm³/mol. The highest BCUT2D eigenvalue weighted by molar-refractivity contribution is 6.36. The number of benzene rings is 2. The standard InChI is InChI=1S/C22H19Cl2N3O2/c1-28-13-21-26-19-8-6-14(15-7-9-22(29-2)25-11-15)10-20(19)27(21)12-16-17(23)4-3-5-18(16)24/h3-11H,12-13H2,1-2H3. The number of ether oxygens (including phenoxy) is 2. The highest BCUT2D eigenvalue weighted by Crippen LogP contribution is 2.30. The lowest BCUT2D eigenvalue weighted by Crippen LogP contribution is -2.07. The van der Waals surface area contributed by atoms with Crippen molar-refractivity contribution in [2.24, 2.45) is 0 Å². The van der Waals surface area contributed by atoms with Gasteiger partial charge in [-0.05, 0) is 35.9 Å². The fourth-order valence-electron chi connectivity index (χ4n) is 3.28. The minimum absolute atomic E-state index is 0.385. The van der Waals surface area contributed by atoms with Gasteiger partial charge < -0.3 is 14.0 Å². The van der Waals surface area contributed by atoms with Crippen molar-refractivity contribution in [3.63, 3.8) is 0 Å². The van der Waals surface area contributed by atoms with Gasteiger partial charge in [-0.3, -0.25) is 0 Å². The molecule has 0 unspecified atom stereocenters. The number of halogens is 2. The Morgan fingerprint density at radius 2 is 1.72 bits per heavy atom. The molecule has 0 bridgehead atoms. The third kappa shape index (κ3) is 3.94. The van der Waals surface area contributed by atoms with E-state index in [-0.39, 0.29) is 0 Å². The molecule has 0 aliphatic rings. The second-order valence-corrected chi connectivity index (χ2v) is 7.35. The van der Waals surface area contributed by atoms with Crippen LogP contribution in [0.3, 0.4) is 0 Å². The van der Waals surface area contributed by atoms with Crippen molar-refractivity contribution in [2.45, 2.75) is 13.2 Å². The number of rotatable bonds is 6. The van der Waals surface area contributed by atoms with Crippen LogP contribution in [0.15, 0.2) is 54.7 Å². The molecule has 0 saturated carbocycles. The summed E-state index contributed by atoms with van der Waals surface area (Å²) in [5.74, 6) is 1.39. The quantitative estimate of drug-likeness (QED) is 0.401. The van der Waals surface area contributed by atoms with Crippen LogP contribution < -0.4 is 4.74 Å². The maximum absolute atomic E-state index is 6.41. The van der Waals surface area contributed by atoms with E-state index in [1.165, 1.54) is 0 Å². The van der Waals surface area contributed by atoms with Gasteiger partial charge in [0, 0.05) is 40.5 Å². The number of pyridine rings is 1. The Bertz CT molecular complexity index is 1140. The van der Waals surface area contributed by atoms with Gasteiger partial charge in [-0.2, -0.15) is 0 Å². The van der Waals surface area contributed by atoms with Crippen LogP contribution in [0.2, 0.25) is 10.0 Å². The van der Waals surface area contributed by atoms with Crippen LogP contribution in [0.1, 0.15) is 11.4 Å². The van der Waals surface area contributed by atoms with E-state index in [2.05, 4.69) is 15.6 Å². The van der Waals surface area contributed by atoms with E-state index >= 15 is 0 Å². The summed E-state index contributed by atoms with van der Waals surface area (Å²) in [5.41, 5.74) is 4.73. The molecule has 0 atom stereocenters. The molecule has 2 aromatic heterocycles. The van der Waals surface area contributed by atoms with Gasteiger partial charge in [-0.15, -0.1) is 0 Å². The molecule has 2 heterocycles. The predicted octanol–water partition coefficient (Wildman–Crippen LogP) is 5.61. The Labute approximate surface area is 178 Å². The van der Waals surface area contributed by atoms with E-state index in [1.54, 1.807) is 20.4 Å². The van der Waals surface area contributed by atoms with Crippen LogP contribution >= 0.6 is 23.2 Å². The number of hydrogen-bond acceptors (Lipinski definition) is 4. The zero-order chi connectivity index (χ0) is 20.4. The third-order valence-electron chi connectivity index (χ3n) is 4.76. The molecule has 0 aliphatic heterocycles. The van der Waals surface area contributed by atoms with Gasteiger partial charge in [0.25, 0.3) is 0 Å². The summed E-state index contributed by atoms with van der Waals surface area (Å²) in [6.07, 6.45) is 1.79. The molecule has 148 valence electrons. The molecule has 0 aliphatic carbocycles. The average Bonchev–Trinajstić information content (AvgIpc) is 3.07. The monoisotopic (exact) mass is 427 g/mol. The maximum atomic E-state index is 6.41. The number of fused-ring (bicyclic) bond motifs is 1. The van der Waals surface area contributed by atoms with Crippen molar-refractivity contribution in [3.05, 3.63) is 76.2 Å². The number of nitrogens with zero attached hydrogens (tertiary/aromatic N) is 3. The van der Waals surface area contributed by atoms with Gasteiger partial charge in [0.15, 0.2) is 0 Å². The van der Waals surface area contributed by atoms with E-state index in [1.807, 2.05) is 42.5 Å². The molecule has 29 heavy (non-hydrogen) atoms. The van der Waals surface area contributed by atoms with Gasteiger partial charge in [-0.1, -0.05) is 35.3 Å². The second kappa shape index (κ2) is 8.41. The summed E-state index contributed by atoms with van der Waals surface area (Å²) in [6.45, 7) is 0.883. The molecule has 5 nitrogen and oxygen atoms in total. The van der Waals surface area contributed by atoms with Crippen LogP contribution in [0.4, 0.5) is 0 Å². The van der Waals surface area contributed by atoms with E-state index in [4.69, 9.17) is 37.7 Å². The Morgan fingerprint density at radius 3 is 2.38 bits per heavy atom. The van der Waals surface area contributed by atoms with Crippen molar-refractivity contribution in [2.75, 3.05) is 14.2 Å². The van der Waals surface area contributed by atoms with Gasteiger partial charge >= 0.3 is 0 Å². The van der Waals surface area contributed by atoms with Crippen LogP contribution in [0.5, 0.6) is 5.88 Å². The van der Waals surface area contributed by atoms with Gasteiger partial charge in [0.1, 0.15) is 12.4 Å². The molecular formula is C22H19Cl2N3O2. The molecule has 4 aromatic rings. The lowest BCUT2D eigenvalue weighted by molar-refractivity contribution is 0.175. The van der Waals surface area contributed by atoms with E-state index in [0.29, 0.717) is 29.1 Å². The smallest absolute Gasteiger partial charge is 0.212 e. The summed E-state index contributed by atoms with van der Waals surface area (Å²) in [4.78, 5) is 9.04. The molecular weight excluding hydrogens is 409 g/mol. The second-order valence-electron chi connectivity index (χ2n) is 6.54. The highest BCUT2D eigenvalue weighted by Gasteiger charge is 2.15. The molecule has 7 heteroatoms. The molecule has 4 rings (SSSR count). The number of methoxy groups -OCH3 is 2. The van der Waals surface area contributed by atoms with Crippen LogP contribution in [-0.2, 0) is 17.9 Å². The van der Waals surface area contributed by atoms with Gasteiger partial charge in [0.2, 0.25) is 5.88 Å². The van der Waals surface area contributed by atoms with Crippen LogP contribution in [-0.4, -0.2) is 28.8 Å². The normalized spacial score (nSPS) is 11.2. The van der Waals surface area contributed by atoms with Crippen LogP contribution in [0, 0.1) is 0 Å². The molecule has 2 aromatic carbocycles. The lowest BCUT2D eigenvalue weighted by Gasteiger charge is -2.12. The fraction of sp³-hybridized carbons (Fsp3) is 0.182. The largest absolute Gasteiger partial charge is 0.481 e. The van der Waals surface area contributed by atoms with Crippen molar-refractivity contribution < 1.29 is 9.47 Å². The third-order valence-corrected chi connectivity index (χ3v) is 5.47. The minimum Gasteiger partial charge on any atom is -0.481 e. The number of hydrogen-bond donors (Lipinski definition) is 0. The Morgan fingerprint density at radius 1 is 0.966 bits per heavy atom. The van der Waals surface area contributed by atoms with Gasteiger partial charge in [0.05, 0.1) is 24.7 Å². The van der Waals surface area contributed by atoms with Gasteiger partial charge in [-0.25, -0.2) is 9.97 Å². The Kier molecular flexibility index (Phi) is 5.72. The molecule has 0 radical (unpaired) electrons. The van der Waals surface area contributed by atoms with Crippen molar-refractivity contribution >= 4 is 34.2 Å². The Hall–Kier alpha value is -2.60. The first-order valence-corrected chi connectivity index (χ1v) is 9.77. The molecule has 0 saturated heterocycles. The minimum atomic E-state index is 0.385. The summed E-state index contributed by atoms with van der Waals surface area (Å²) in [7, 11) is 3.25. The first kappa shape index (κ1) is 19.7. The number of imidazole rings is 1.